The zero-order valence-corrected chi connectivity index (χ0v) is 11.0. The summed E-state index contributed by atoms with van der Waals surface area (Å²) in [5.74, 6) is 0. The first-order valence-corrected chi connectivity index (χ1v) is 7.11. The van der Waals surface area contributed by atoms with Crippen LogP contribution in [0.1, 0.15) is 16.3 Å². The Kier molecular flexibility index (Phi) is 3.18. The maximum absolute atomic E-state index is 9.33. The van der Waals surface area contributed by atoms with E-state index in [-0.39, 0.29) is 6.61 Å². The van der Waals surface area contributed by atoms with Gasteiger partial charge in [-0.25, -0.2) is 4.98 Å². The van der Waals surface area contributed by atoms with Crippen molar-refractivity contribution >= 4 is 22.7 Å². The highest BCUT2D eigenvalue weighted by molar-refractivity contribution is 7.12. The number of hydrogen-bond acceptors (Lipinski definition) is 6. The molecule has 0 spiro atoms. The molecule has 0 saturated carbocycles. The molecule has 0 unspecified atom stereocenters. The number of aliphatic hydroxyl groups is 1. The van der Waals surface area contributed by atoms with Crippen molar-refractivity contribution in [2.75, 3.05) is 0 Å². The Hall–Kier alpha value is -1.57. The van der Waals surface area contributed by atoms with E-state index in [1.807, 2.05) is 16.8 Å². The fraction of sp³-hybridized carbons (Fsp3) is 0.182. The second-order valence-electron chi connectivity index (χ2n) is 3.62. The molecule has 0 aliphatic carbocycles. The second kappa shape index (κ2) is 4.97. The lowest BCUT2D eigenvalue weighted by Crippen LogP contribution is -2.03. The van der Waals surface area contributed by atoms with E-state index in [9.17, 15) is 5.11 Å². The molecule has 5 nitrogen and oxygen atoms in total. The smallest absolute Gasteiger partial charge is 0.211 e. The van der Waals surface area contributed by atoms with Crippen LogP contribution >= 0.6 is 22.7 Å². The Morgan fingerprint density at radius 2 is 2.22 bits per heavy atom. The van der Waals surface area contributed by atoms with E-state index in [1.165, 1.54) is 16.2 Å². The fourth-order valence-electron chi connectivity index (χ4n) is 1.68. The molecule has 18 heavy (non-hydrogen) atoms. The SMILES string of the molecule is OCc1nnn(-c2nccs2)c1Cc1cccs1. The molecule has 0 aliphatic rings. The number of aromatic nitrogens is 4. The summed E-state index contributed by atoms with van der Waals surface area (Å²) in [6.07, 6.45) is 2.44. The van der Waals surface area contributed by atoms with Crippen molar-refractivity contribution in [1.82, 2.24) is 20.0 Å². The maximum Gasteiger partial charge on any atom is 0.211 e. The maximum atomic E-state index is 9.33. The Morgan fingerprint density at radius 1 is 1.28 bits per heavy atom. The third kappa shape index (κ3) is 2.07. The largest absolute Gasteiger partial charge is 0.390 e. The molecule has 3 heterocycles. The Morgan fingerprint density at radius 3 is 2.89 bits per heavy atom. The summed E-state index contributed by atoms with van der Waals surface area (Å²) in [4.78, 5) is 5.44. The predicted molar refractivity (Wildman–Crippen MR) is 70.1 cm³/mol. The molecule has 7 heteroatoms. The van der Waals surface area contributed by atoms with Crippen molar-refractivity contribution in [3.8, 4) is 5.13 Å². The lowest BCUT2D eigenvalue weighted by molar-refractivity contribution is 0.275. The number of thiazole rings is 1. The summed E-state index contributed by atoms with van der Waals surface area (Å²) in [5, 5.41) is 22.1. The van der Waals surface area contributed by atoms with Crippen molar-refractivity contribution in [3.63, 3.8) is 0 Å². The summed E-state index contributed by atoms with van der Waals surface area (Å²) in [6.45, 7) is -0.105. The van der Waals surface area contributed by atoms with Gasteiger partial charge >= 0.3 is 0 Å². The summed E-state index contributed by atoms with van der Waals surface area (Å²) < 4.78 is 1.70. The van der Waals surface area contributed by atoms with Crippen LogP contribution in [0.2, 0.25) is 0 Å². The lowest BCUT2D eigenvalue weighted by Gasteiger charge is -2.02. The molecule has 0 radical (unpaired) electrons. The first-order valence-electron chi connectivity index (χ1n) is 5.35. The summed E-state index contributed by atoms with van der Waals surface area (Å²) in [7, 11) is 0. The van der Waals surface area contributed by atoms with Crippen molar-refractivity contribution < 1.29 is 5.11 Å². The summed E-state index contributed by atoms with van der Waals surface area (Å²) in [6, 6.07) is 4.07. The van der Waals surface area contributed by atoms with Gasteiger partial charge in [-0.1, -0.05) is 11.3 Å². The average molecular weight is 278 g/mol. The van der Waals surface area contributed by atoms with Crippen molar-refractivity contribution in [1.29, 1.82) is 0 Å². The van der Waals surface area contributed by atoms with Gasteiger partial charge in [0, 0.05) is 22.9 Å². The predicted octanol–water partition coefficient (Wildman–Crippen LogP) is 1.87. The molecule has 0 saturated heterocycles. The van der Waals surface area contributed by atoms with Gasteiger partial charge in [0.15, 0.2) is 0 Å². The lowest BCUT2D eigenvalue weighted by atomic mass is 10.2. The molecular formula is C11H10N4OS2. The van der Waals surface area contributed by atoms with E-state index in [1.54, 1.807) is 22.2 Å². The Labute approximate surface area is 111 Å². The Bertz CT molecular complexity index is 616. The Balaban J connectivity index is 2.02. The first kappa shape index (κ1) is 11.5. The average Bonchev–Trinajstić information content (AvgIpc) is 3.10. The van der Waals surface area contributed by atoms with Crippen molar-refractivity contribution in [2.24, 2.45) is 0 Å². The monoisotopic (exact) mass is 278 g/mol. The van der Waals surface area contributed by atoms with E-state index in [2.05, 4.69) is 21.4 Å². The minimum Gasteiger partial charge on any atom is -0.390 e. The van der Waals surface area contributed by atoms with E-state index in [0.29, 0.717) is 12.1 Å². The van der Waals surface area contributed by atoms with Gasteiger partial charge in [0.1, 0.15) is 5.69 Å². The van der Waals surface area contributed by atoms with E-state index in [0.717, 1.165) is 10.8 Å². The minimum atomic E-state index is -0.105. The zero-order valence-electron chi connectivity index (χ0n) is 9.35. The molecule has 0 aromatic carbocycles. The standard InChI is InChI=1S/C11H10N4OS2/c16-7-9-10(6-8-2-1-4-17-8)15(14-13-9)11-12-3-5-18-11/h1-5,16H,6-7H2. The van der Waals surface area contributed by atoms with Crippen LogP contribution in [0.25, 0.3) is 5.13 Å². The quantitative estimate of drug-likeness (QED) is 0.791. The number of rotatable bonds is 4. The molecule has 0 atom stereocenters. The van der Waals surface area contributed by atoms with Crippen LogP contribution in [-0.2, 0) is 13.0 Å². The van der Waals surface area contributed by atoms with Crippen LogP contribution in [0.4, 0.5) is 0 Å². The summed E-state index contributed by atoms with van der Waals surface area (Å²) >= 11 is 3.18. The van der Waals surface area contributed by atoms with Crippen LogP contribution < -0.4 is 0 Å². The molecule has 1 N–H and O–H groups in total. The van der Waals surface area contributed by atoms with Crippen molar-refractivity contribution in [2.45, 2.75) is 13.0 Å². The normalized spacial score (nSPS) is 10.9. The van der Waals surface area contributed by atoms with Gasteiger partial charge < -0.3 is 5.11 Å². The number of thiophene rings is 1. The van der Waals surface area contributed by atoms with Crippen LogP contribution in [0.3, 0.4) is 0 Å². The number of aliphatic hydroxyl groups excluding tert-OH is 1. The number of nitrogens with zero attached hydrogens (tertiary/aromatic N) is 4. The van der Waals surface area contributed by atoms with Gasteiger partial charge in [-0.05, 0) is 11.4 Å². The molecule has 3 aromatic heterocycles. The van der Waals surface area contributed by atoms with Crippen LogP contribution in [0, 0.1) is 0 Å². The molecule has 0 amide bonds. The first-order chi connectivity index (χ1) is 8.88. The molecule has 3 rings (SSSR count). The van der Waals surface area contributed by atoms with Crippen LogP contribution in [0.5, 0.6) is 0 Å². The third-order valence-electron chi connectivity index (χ3n) is 2.52. The molecule has 0 fully saturated rings. The topological polar surface area (TPSA) is 63.8 Å². The highest BCUT2D eigenvalue weighted by atomic mass is 32.1. The van der Waals surface area contributed by atoms with Gasteiger partial charge in [0.25, 0.3) is 0 Å². The second-order valence-corrected chi connectivity index (χ2v) is 5.53. The van der Waals surface area contributed by atoms with Crippen LogP contribution in [-0.4, -0.2) is 25.1 Å². The van der Waals surface area contributed by atoms with E-state index < -0.39 is 0 Å². The van der Waals surface area contributed by atoms with Crippen molar-refractivity contribution in [3.05, 3.63) is 45.4 Å². The molecule has 0 aliphatic heterocycles. The van der Waals surface area contributed by atoms with Gasteiger partial charge in [0.05, 0.1) is 12.3 Å². The van der Waals surface area contributed by atoms with Gasteiger partial charge in [-0.2, -0.15) is 4.68 Å². The highest BCUT2D eigenvalue weighted by Crippen LogP contribution is 2.20. The molecule has 3 aromatic rings. The zero-order chi connectivity index (χ0) is 12.4. The van der Waals surface area contributed by atoms with Crippen LogP contribution in [0.15, 0.2) is 29.1 Å². The highest BCUT2D eigenvalue weighted by Gasteiger charge is 2.15. The van der Waals surface area contributed by atoms with E-state index >= 15 is 0 Å². The fourth-order valence-corrected chi connectivity index (χ4v) is 3.01. The van der Waals surface area contributed by atoms with E-state index in [4.69, 9.17) is 0 Å². The number of hydrogen-bond donors (Lipinski definition) is 1. The molecular weight excluding hydrogens is 268 g/mol. The summed E-state index contributed by atoms with van der Waals surface area (Å²) in [5.41, 5.74) is 1.51. The van der Waals surface area contributed by atoms with Gasteiger partial charge in [-0.3, -0.25) is 0 Å². The van der Waals surface area contributed by atoms with Gasteiger partial charge in [0.2, 0.25) is 5.13 Å². The molecule has 0 bridgehead atoms. The third-order valence-corrected chi connectivity index (χ3v) is 4.14. The molecule has 92 valence electrons. The van der Waals surface area contributed by atoms with Gasteiger partial charge in [-0.15, -0.1) is 27.8 Å². The minimum absolute atomic E-state index is 0.105.